The maximum Gasteiger partial charge on any atom is 0.159 e. The first-order chi connectivity index (χ1) is 7.91. The maximum atomic E-state index is 12.5. The Hall–Kier alpha value is -1.21. The molecule has 17 heavy (non-hydrogen) atoms. The van der Waals surface area contributed by atoms with E-state index in [1.807, 2.05) is 18.3 Å². The van der Waals surface area contributed by atoms with Crippen molar-refractivity contribution < 1.29 is 4.57 Å². The van der Waals surface area contributed by atoms with E-state index in [9.17, 15) is 4.57 Å². The number of hydrogen-bond acceptors (Lipinski definition) is 3. The van der Waals surface area contributed by atoms with Gasteiger partial charge >= 0.3 is 0 Å². The predicted octanol–water partition coefficient (Wildman–Crippen LogP) is 3.00. The molecule has 0 atom stereocenters. The molecular formula is C13H17N2OP. The Morgan fingerprint density at radius 1 is 1.24 bits per heavy atom. The van der Waals surface area contributed by atoms with E-state index in [1.54, 1.807) is 19.5 Å². The van der Waals surface area contributed by atoms with Gasteiger partial charge in [-0.15, -0.1) is 0 Å². The lowest BCUT2D eigenvalue weighted by molar-refractivity contribution is 0.588. The first-order valence-corrected chi connectivity index (χ1v) is 8.30. The van der Waals surface area contributed by atoms with E-state index in [0.29, 0.717) is 11.6 Å². The summed E-state index contributed by atoms with van der Waals surface area (Å²) in [7, 11) is -2.34. The molecule has 0 aromatic carbocycles. The van der Waals surface area contributed by atoms with Gasteiger partial charge < -0.3 is 4.57 Å². The lowest BCUT2D eigenvalue weighted by atomic mass is 10.0. The summed E-state index contributed by atoms with van der Waals surface area (Å²) in [6, 6.07) is 3.82. The van der Waals surface area contributed by atoms with E-state index in [2.05, 4.69) is 23.8 Å². The third-order valence-electron chi connectivity index (χ3n) is 2.80. The van der Waals surface area contributed by atoms with Crippen LogP contribution >= 0.6 is 7.14 Å². The molecular weight excluding hydrogens is 231 g/mol. The number of rotatable bonds is 2. The monoisotopic (exact) mass is 248 g/mol. The molecule has 0 saturated heterocycles. The smallest absolute Gasteiger partial charge is 0.159 e. The van der Waals surface area contributed by atoms with Gasteiger partial charge in [0.2, 0.25) is 0 Å². The summed E-state index contributed by atoms with van der Waals surface area (Å²) < 4.78 is 12.5. The van der Waals surface area contributed by atoms with Gasteiger partial charge in [-0.3, -0.25) is 0 Å². The number of fused-ring (bicyclic) bond motifs is 1. The minimum absolute atomic E-state index is 0.315. The zero-order chi connectivity index (χ0) is 12.6. The third kappa shape index (κ3) is 2.25. The van der Waals surface area contributed by atoms with Gasteiger partial charge in [-0.05, 0) is 36.9 Å². The summed E-state index contributed by atoms with van der Waals surface area (Å²) in [4.78, 5) is 8.57. The molecule has 0 aliphatic heterocycles. The van der Waals surface area contributed by atoms with Gasteiger partial charge in [0.25, 0.3) is 0 Å². The average molecular weight is 248 g/mol. The van der Waals surface area contributed by atoms with E-state index >= 15 is 0 Å². The van der Waals surface area contributed by atoms with Crippen molar-refractivity contribution in [3.8, 4) is 0 Å². The minimum atomic E-state index is -2.34. The summed E-state index contributed by atoms with van der Waals surface area (Å²) in [6.45, 7) is 7.80. The van der Waals surface area contributed by atoms with Crippen molar-refractivity contribution in [3.05, 3.63) is 30.1 Å². The SMILES string of the molecule is CC(C)c1cnc2ncccc2c1P(C)(C)=O. The van der Waals surface area contributed by atoms with Crippen molar-refractivity contribution >= 4 is 23.5 Å². The lowest BCUT2D eigenvalue weighted by Gasteiger charge is -2.17. The molecule has 0 spiro atoms. The van der Waals surface area contributed by atoms with Crippen molar-refractivity contribution in [2.45, 2.75) is 19.8 Å². The third-order valence-corrected chi connectivity index (χ3v) is 4.38. The fourth-order valence-corrected chi connectivity index (χ4v) is 3.75. The highest BCUT2D eigenvalue weighted by Gasteiger charge is 2.21. The van der Waals surface area contributed by atoms with Gasteiger partial charge in [-0.2, -0.15) is 0 Å². The van der Waals surface area contributed by atoms with Crippen molar-refractivity contribution in [1.29, 1.82) is 0 Å². The molecule has 3 nitrogen and oxygen atoms in total. The van der Waals surface area contributed by atoms with Gasteiger partial charge in [0.05, 0.1) is 0 Å². The summed E-state index contributed by atoms with van der Waals surface area (Å²) in [5.74, 6) is 0.315. The summed E-state index contributed by atoms with van der Waals surface area (Å²) in [5.41, 5.74) is 1.75. The number of pyridine rings is 2. The van der Waals surface area contributed by atoms with Crippen LogP contribution in [-0.2, 0) is 4.57 Å². The van der Waals surface area contributed by atoms with Crippen LogP contribution in [0.2, 0.25) is 0 Å². The van der Waals surface area contributed by atoms with Crippen LogP contribution < -0.4 is 5.30 Å². The molecule has 0 aliphatic rings. The normalized spacial score (nSPS) is 12.3. The number of aromatic nitrogens is 2. The van der Waals surface area contributed by atoms with E-state index < -0.39 is 7.14 Å². The number of hydrogen-bond donors (Lipinski definition) is 0. The zero-order valence-corrected chi connectivity index (χ0v) is 11.5. The van der Waals surface area contributed by atoms with Gasteiger partial charge in [0, 0.05) is 23.1 Å². The van der Waals surface area contributed by atoms with Crippen molar-refractivity contribution in [1.82, 2.24) is 9.97 Å². The fourth-order valence-electron chi connectivity index (χ4n) is 2.06. The molecule has 2 aromatic heterocycles. The first-order valence-electron chi connectivity index (χ1n) is 5.70. The van der Waals surface area contributed by atoms with Crippen molar-refractivity contribution in [2.75, 3.05) is 13.3 Å². The molecule has 0 fully saturated rings. The Bertz CT molecular complexity index is 601. The van der Waals surface area contributed by atoms with Crippen LogP contribution in [0.3, 0.4) is 0 Å². The second kappa shape index (κ2) is 4.23. The van der Waals surface area contributed by atoms with Gasteiger partial charge in [-0.1, -0.05) is 13.8 Å². The van der Waals surface area contributed by atoms with Gasteiger partial charge in [-0.25, -0.2) is 9.97 Å². The van der Waals surface area contributed by atoms with E-state index in [1.165, 1.54) is 0 Å². The highest BCUT2D eigenvalue weighted by Crippen LogP contribution is 2.40. The average Bonchev–Trinajstić information content (AvgIpc) is 2.26. The lowest BCUT2D eigenvalue weighted by Crippen LogP contribution is -2.14. The second-order valence-electron chi connectivity index (χ2n) is 4.94. The van der Waals surface area contributed by atoms with Gasteiger partial charge in [0.1, 0.15) is 7.14 Å². The Morgan fingerprint density at radius 3 is 2.53 bits per heavy atom. The zero-order valence-electron chi connectivity index (χ0n) is 10.6. The Balaban J connectivity index is 2.90. The van der Waals surface area contributed by atoms with Crippen LogP contribution in [-0.4, -0.2) is 23.3 Å². The summed E-state index contributed by atoms with van der Waals surface area (Å²) in [5, 5.41) is 1.86. The molecule has 0 N–H and O–H groups in total. The van der Waals surface area contributed by atoms with Crippen molar-refractivity contribution in [3.63, 3.8) is 0 Å². The first kappa shape index (κ1) is 12.3. The molecule has 0 unspecified atom stereocenters. The highest BCUT2D eigenvalue weighted by molar-refractivity contribution is 7.70. The molecule has 0 bridgehead atoms. The largest absolute Gasteiger partial charge is 0.319 e. The Morgan fingerprint density at radius 2 is 1.94 bits per heavy atom. The Labute approximate surface area is 102 Å². The van der Waals surface area contributed by atoms with E-state index in [4.69, 9.17) is 0 Å². The Kier molecular flexibility index (Phi) is 3.05. The molecule has 2 rings (SSSR count). The van der Waals surface area contributed by atoms with Crippen LogP contribution in [0, 0.1) is 0 Å². The molecule has 0 amide bonds. The molecule has 2 heterocycles. The van der Waals surface area contributed by atoms with Gasteiger partial charge in [0.15, 0.2) is 5.65 Å². The van der Waals surface area contributed by atoms with Crippen LogP contribution in [0.25, 0.3) is 11.0 Å². The molecule has 90 valence electrons. The fraction of sp³-hybridized carbons (Fsp3) is 0.385. The standard InChI is InChI=1S/C13H17N2OP/c1-9(2)11-8-15-13-10(6-5-7-14-13)12(11)17(3,4)16/h5-9H,1-4H3. The van der Waals surface area contributed by atoms with Crippen LogP contribution in [0.4, 0.5) is 0 Å². The van der Waals surface area contributed by atoms with E-state index in [0.717, 1.165) is 16.3 Å². The highest BCUT2D eigenvalue weighted by atomic mass is 31.2. The minimum Gasteiger partial charge on any atom is -0.319 e. The molecule has 0 aliphatic carbocycles. The molecule has 0 radical (unpaired) electrons. The van der Waals surface area contributed by atoms with Crippen LogP contribution in [0.1, 0.15) is 25.3 Å². The van der Waals surface area contributed by atoms with Crippen LogP contribution in [0.5, 0.6) is 0 Å². The predicted molar refractivity (Wildman–Crippen MR) is 72.7 cm³/mol. The molecule has 2 aromatic rings. The molecule has 0 saturated carbocycles. The van der Waals surface area contributed by atoms with E-state index in [-0.39, 0.29) is 0 Å². The van der Waals surface area contributed by atoms with Crippen molar-refractivity contribution in [2.24, 2.45) is 0 Å². The maximum absolute atomic E-state index is 12.5. The quantitative estimate of drug-likeness (QED) is 0.767. The van der Waals surface area contributed by atoms with Crippen LogP contribution in [0.15, 0.2) is 24.5 Å². The topological polar surface area (TPSA) is 42.9 Å². The number of nitrogens with zero attached hydrogens (tertiary/aromatic N) is 2. The molecule has 4 heteroatoms. The summed E-state index contributed by atoms with van der Waals surface area (Å²) >= 11 is 0. The summed E-state index contributed by atoms with van der Waals surface area (Å²) in [6.07, 6.45) is 3.53. The second-order valence-corrected chi connectivity index (χ2v) is 8.09.